The zero-order valence-corrected chi connectivity index (χ0v) is 11.3. The van der Waals surface area contributed by atoms with Crippen LogP contribution >= 0.6 is 0 Å². The summed E-state index contributed by atoms with van der Waals surface area (Å²) in [6, 6.07) is 0. The van der Waals surface area contributed by atoms with Gasteiger partial charge in [-0.3, -0.25) is 0 Å². The summed E-state index contributed by atoms with van der Waals surface area (Å²) < 4.78 is 0. The van der Waals surface area contributed by atoms with E-state index in [4.69, 9.17) is 5.11 Å². The van der Waals surface area contributed by atoms with E-state index in [0.717, 1.165) is 19.3 Å². The Morgan fingerprint density at radius 1 is 1.63 bits per heavy atom. The molecular formula is C15H22O4. The molecule has 0 aromatic heterocycles. The molecule has 19 heavy (non-hydrogen) atoms. The molecule has 2 bridgehead atoms. The fourth-order valence-electron chi connectivity index (χ4n) is 3.81. The van der Waals surface area contributed by atoms with E-state index in [1.807, 2.05) is 0 Å². The fourth-order valence-corrected chi connectivity index (χ4v) is 3.81. The standard InChI is InChI=1S/C15H22O4/c1-9-3-4-11-6-13(9)15(11,8-16)7-12(17)5-10(2)14(18)19/h5,11-13,16-17H,1,3-4,6-8H2,2H3,(H,18,19)/b10-5+/t11-,12+,13-,15+/m0/s1. The second-order valence-corrected chi connectivity index (χ2v) is 6.00. The Morgan fingerprint density at radius 3 is 2.79 bits per heavy atom. The zero-order valence-electron chi connectivity index (χ0n) is 11.3. The summed E-state index contributed by atoms with van der Waals surface area (Å²) in [7, 11) is 0. The molecule has 4 heteroatoms. The van der Waals surface area contributed by atoms with Gasteiger partial charge in [0.25, 0.3) is 0 Å². The maximum Gasteiger partial charge on any atom is 0.331 e. The molecule has 3 rings (SSSR count). The predicted octanol–water partition coefficient (Wildman–Crippen LogP) is 1.73. The van der Waals surface area contributed by atoms with Gasteiger partial charge in [0.05, 0.1) is 6.10 Å². The first-order valence-corrected chi connectivity index (χ1v) is 6.79. The molecule has 4 nitrogen and oxygen atoms in total. The van der Waals surface area contributed by atoms with Gasteiger partial charge in [0.2, 0.25) is 0 Å². The molecule has 3 aliphatic carbocycles. The third kappa shape index (κ3) is 2.35. The van der Waals surface area contributed by atoms with Crippen LogP contribution in [-0.4, -0.2) is 34.0 Å². The van der Waals surface area contributed by atoms with E-state index < -0.39 is 12.1 Å². The predicted molar refractivity (Wildman–Crippen MR) is 71.5 cm³/mol. The van der Waals surface area contributed by atoms with Crippen LogP contribution in [0.3, 0.4) is 0 Å². The van der Waals surface area contributed by atoms with E-state index in [1.165, 1.54) is 18.6 Å². The van der Waals surface area contributed by atoms with Gasteiger partial charge in [-0.05, 0) is 50.5 Å². The first kappa shape index (κ1) is 14.3. The van der Waals surface area contributed by atoms with Crippen molar-refractivity contribution in [2.24, 2.45) is 17.3 Å². The summed E-state index contributed by atoms with van der Waals surface area (Å²) in [6.07, 6.45) is 4.05. The number of carbonyl (C=O) groups is 1. The Hall–Kier alpha value is -1.13. The average molecular weight is 266 g/mol. The lowest BCUT2D eigenvalue weighted by Crippen LogP contribution is -2.56. The molecule has 3 aliphatic rings. The minimum Gasteiger partial charge on any atom is -0.478 e. The Labute approximate surface area is 113 Å². The number of carboxylic acids is 1. The van der Waals surface area contributed by atoms with Gasteiger partial charge in [0.15, 0.2) is 0 Å². The molecule has 4 atom stereocenters. The van der Waals surface area contributed by atoms with Crippen molar-refractivity contribution in [2.75, 3.05) is 6.61 Å². The van der Waals surface area contributed by atoms with Gasteiger partial charge in [-0.25, -0.2) is 4.79 Å². The largest absolute Gasteiger partial charge is 0.478 e. The van der Waals surface area contributed by atoms with E-state index in [0.29, 0.717) is 12.3 Å². The lowest BCUT2D eigenvalue weighted by atomic mass is 9.44. The minimum atomic E-state index is -1.02. The van der Waals surface area contributed by atoms with Crippen LogP contribution in [0.15, 0.2) is 23.8 Å². The second-order valence-electron chi connectivity index (χ2n) is 6.00. The van der Waals surface area contributed by atoms with Crippen molar-refractivity contribution in [3.63, 3.8) is 0 Å². The van der Waals surface area contributed by atoms with Crippen LogP contribution in [0.25, 0.3) is 0 Å². The molecule has 0 aromatic rings. The van der Waals surface area contributed by atoms with E-state index in [1.54, 1.807) is 0 Å². The summed E-state index contributed by atoms with van der Waals surface area (Å²) in [5.41, 5.74) is 1.02. The smallest absolute Gasteiger partial charge is 0.331 e. The van der Waals surface area contributed by atoms with Crippen LogP contribution in [0.5, 0.6) is 0 Å². The maximum atomic E-state index is 10.8. The normalized spacial score (nSPS) is 35.7. The summed E-state index contributed by atoms with van der Waals surface area (Å²) in [6.45, 7) is 5.58. The molecule has 0 aliphatic heterocycles. The number of hydrogen-bond acceptors (Lipinski definition) is 3. The lowest BCUT2D eigenvalue weighted by Gasteiger charge is -2.60. The fraction of sp³-hybridized carbons (Fsp3) is 0.667. The Bertz CT molecular complexity index is 424. The van der Waals surface area contributed by atoms with Gasteiger partial charge in [0, 0.05) is 17.6 Å². The minimum absolute atomic E-state index is 0.0401. The van der Waals surface area contributed by atoms with Crippen LogP contribution in [0.4, 0.5) is 0 Å². The van der Waals surface area contributed by atoms with E-state index >= 15 is 0 Å². The average Bonchev–Trinajstić information content (AvgIpc) is 2.35. The summed E-state index contributed by atoms with van der Waals surface area (Å²) in [4.78, 5) is 10.8. The zero-order chi connectivity index (χ0) is 14.2. The van der Waals surface area contributed by atoms with Crippen molar-refractivity contribution in [3.8, 4) is 0 Å². The highest BCUT2D eigenvalue weighted by Crippen LogP contribution is 2.63. The second kappa shape index (κ2) is 5.10. The third-order valence-corrected chi connectivity index (χ3v) is 5.00. The Kier molecular flexibility index (Phi) is 3.83. The molecule has 106 valence electrons. The van der Waals surface area contributed by atoms with Crippen molar-refractivity contribution in [2.45, 2.75) is 38.7 Å². The molecular weight excluding hydrogens is 244 g/mol. The van der Waals surface area contributed by atoms with Crippen LogP contribution in [0.2, 0.25) is 0 Å². The van der Waals surface area contributed by atoms with E-state index in [2.05, 4.69) is 6.58 Å². The molecule has 0 amide bonds. The van der Waals surface area contributed by atoms with Crippen molar-refractivity contribution >= 4 is 5.97 Å². The van der Waals surface area contributed by atoms with Crippen LogP contribution in [0.1, 0.15) is 32.6 Å². The van der Waals surface area contributed by atoms with Crippen LogP contribution in [0, 0.1) is 17.3 Å². The molecule has 0 radical (unpaired) electrons. The molecule has 0 aromatic carbocycles. The molecule has 3 fully saturated rings. The maximum absolute atomic E-state index is 10.8. The van der Waals surface area contributed by atoms with Gasteiger partial charge >= 0.3 is 5.97 Å². The first-order chi connectivity index (χ1) is 8.90. The monoisotopic (exact) mass is 266 g/mol. The quantitative estimate of drug-likeness (QED) is 0.523. The molecule has 0 unspecified atom stereocenters. The van der Waals surface area contributed by atoms with Gasteiger partial charge in [-0.1, -0.05) is 12.2 Å². The molecule has 3 N–H and O–H groups in total. The number of carboxylic acid groups (broad SMARTS) is 1. The van der Waals surface area contributed by atoms with Gasteiger partial charge in [0.1, 0.15) is 0 Å². The summed E-state index contributed by atoms with van der Waals surface area (Å²) in [5, 5.41) is 28.6. The molecule has 3 saturated carbocycles. The van der Waals surface area contributed by atoms with Gasteiger partial charge in [-0.2, -0.15) is 0 Å². The van der Waals surface area contributed by atoms with Crippen molar-refractivity contribution in [1.82, 2.24) is 0 Å². The Balaban J connectivity index is 2.10. The van der Waals surface area contributed by atoms with E-state index in [9.17, 15) is 15.0 Å². The summed E-state index contributed by atoms with van der Waals surface area (Å²) >= 11 is 0. The molecule has 0 saturated heterocycles. The lowest BCUT2D eigenvalue weighted by molar-refractivity contribution is -0.132. The van der Waals surface area contributed by atoms with Gasteiger partial charge < -0.3 is 15.3 Å². The number of rotatable bonds is 5. The molecule has 0 heterocycles. The number of hydrogen-bond donors (Lipinski definition) is 3. The third-order valence-electron chi connectivity index (χ3n) is 5.00. The SMILES string of the molecule is C=C1CC[C@H]2C[C@@H]1[C@@]2(CO)C[C@H](O)/C=C(\C)C(=O)O. The molecule has 0 spiro atoms. The number of fused-ring (bicyclic) bond motifs is 2. The highest BCUT2D eigenvalue weighted by molar-refractivity contribution is 5.85. The van der Waals surface area contributed by atoms with Gasteiger partial charge in [-0.15, -0.1) is 0 Å². The summed E-state index contributed by atoms with van der Waals surface area (Å²) in [5.74, 6) is -0.305. The number of aliphatic carboxylic acids is 1. The van der Waals surface area contributed by atoms with Crippen LogP contribution < -0.4 is 0 Å². The highest BCUT2D eigenvalue weighted by Gasteiger charge is 2.57. The topological polar surface area (TPSA) is 77.8 Å². The first-order valence-electron chi connectivity index (χ1n) is 6.79. The van der Waals surface area contributed by atoms with Crippen LogP contribution in [-0.2, 0) is 4.79 Å². The van der Waals surface area contributed by atoms with E-state index in [-0.39, 0.29) is 23.5 Å². The van der Waals surface area contributed by atoms with Crippen molar-refractivity contribution < 1.29 is 20.1 Å². The highest BCUT2D eigenvalue weighted by atomic mass is 16.4. The number of allylic oxidation sites excluding steroid dienone is 1. The number of aliphatic hydroxyl groups is 2. The number of aliphatic hydroxyl groups excluding tert-OH is 2. The Morgan fingerprint density at radius 2 is 2.32 bits per heavy atom. The van der Waals surface area contributed by atoms with Crippen molar-refractivity contribution in [1.29, 1.82) is 0 Å². The van der Waals surface area contributed by atoms with Crippen molar-refractivity contribution in [3.05, 3.63) is 23.8 Å².